The largest absolute Gasteiger partial charge is 0.325 e. The summed E-state index contributed by atoms with van der Waals surface area (Å²) in [6.07, 6.45) is 1.16. The summed E-state index contributed by atoms with van der Waals surface area (Å²) in [7, 11) is 0. The molecule has 0 spiro atoms. The third kappa shape index (κ3) is 2.99. The molecule has 5 nitrogen and oxygen atoms in total. The first-order valence-electron chi connectivity index (χ1n) is 7.45. The summed E-state index contributed by atoms with van der Waals surface area (Å²) in [5.74, 6) is -1.14. The highest BCUT2D eigenvalue weighted by Gasteiger charge is 2.29. The SMILES string of the molecule is CCc1ccc(CC(=O)Nc2cccc3c2C(=O)NC3=O)cc1. The van der Waals surface area contributed by atoms with Gasteiger partial charge in [0, 0.05) is 0 Å². The van der Waals surface area contributed by atoms with Crippen LogP contribution in [0.2, 0.25) is 0 Å². The van der Waals surface area contributed by atoms with E-state index in [0.29, 0.717) is 11.3 Å². The van der Waals surface area contributed by atoms with Crippen LogP contribution in [0.15, 0.2) is 42.5 Å². The summed E-state index contributed by atoms with van der Waals surface area (Å²) >= 11 is 0. The number of carbonyl (C=O) groups is 3. The lowest BCUT2D eigenvalue weighted by Gasteiger charge is -2.08. The Morgan fingerprint density at radius 3 is 2.39 bits per heavy atom. The second-order valence-electron chi connectivity index (χ2n) is 5.41. The molecule has 0 radical (unpaired) electrons. The van der Waals surface area contributed by atoms with E-state index in [4.69, 9.17) is 0 Å². The Morgan fingerprint density at radius 1 is 1.00 bits per heavy atom. The minimum atomic E-state index is -0.479. The molecule has 0 saturated carbocycles. The van der Waals surface area contributed by atoms with Crippen molar-refractivity contribution in [3.05, 3.63) is 64.7 Å². The fourth-order valence-electron chi connectivity index (χ4n) is 2.60. The number of aryl methyl sites for hydroxylation is 1. The first-order chi connectivity index (χ1) is 11.1. The highest BCUT2D eigenvalue weighted by atomic mass is 16.2. The molecule has 23 heavy (non-hydrogen) atoms. The van der Waals surface area contributed by atoms with Crippen LogP contribution >= 0.6 is 0 Å². The molecule has 2 aromatic rings. The van der Waals surface area contributed by atoms with E-state index < -0.39 is 11.8 Å². The van der Waals surface area contributed by atoms with Gasteiger partial charge in [0.1, 0.15) is 0 Å². The smallest absolute Gasteiger partial charge is 0.261 e. The molecule has 3 amide bonds. The van der Waals surface area contributed by atoms with Gasteiger partial charge in [0.15, 0.2) is 0 Å². The van der Waals surface area contributed by atoms with Gasteiger partial charge in [0.05, 0.1) is 23.2 Å². The summed E-state index contributed by atoms with van der Waals surface area (Å²) in [6, 6.07) is 12.7. The van der Waals surface area contributed by atoms with Crippen LogP contribution in [0.1, 0.15) is 38.8 Å². The normalized spacial score (nSPS) is 12.7. The van der Waals surface area contributed by atoms with E-state index >= 15 is 0 Å². The van der Waals surface area contributed by atoms with Gasteiger partial charge in [-0.3, -0.25) is 19.7 Å². The number of carbonyl (C=O) groups excluding carboxylic acids is 3. The standard InChI is InChI=1S/C18H16N2O3/c1-2-11-6-8-12(9-7-11)10-15(21)19-14-5-3-4-13-16(14)18(23)20-17(13)22/h3-9H,2,10H2,1H3,(H,19,21)(H,20,22,23). The van der Waals surface area contributed by atoms with Crippen molar-refractivity contribution in [3.63, 3.8) is 0 Å². The lowest BCUT2D eigenvalue weighted by Crippen LogP contribution is -2.21. The second-order valence-corrected chi connectivity index (χ2v) is 5.41. The van der Waals surface area contributed by atoms with E-state index in [0.717, 1.165) is 12.0 Å². The van der Waals surface area contributed by atoms with E-state index in [1.807, 2.05) is 24.3 Å². The van der Waals surface area contributed by atoms with Crippen molar-refractivity contribution in [2.45, 2.75) is 19.8 Å². The fraction of sp³-hybridized carbons (Fsp3) is 0.167. The van der Waals surface area contributed by atoms with E-state index in [1.54, 1.807) is 18.2 Å². The topological polar surface area (TPSA) is 75.3 Å². The zero-order valence-electron chi connectivity index (χ0n) is 12.7. The van der Waals surface area contributed by atoms with Crippen LogP contribution in [0.3, 0.4) is 0 Å². The van der Waals surface area contributed by atoms with Gasteiger partial charge in [-0.2, -0.15) is 0 Å². The Kier molecular flexibility index (Phi) is 3.93. The Balaban J connectivity index is 1.76. The zero-order valence-corrected chi connectivity index (χ0v) is 12.7. The molecule has 0 saturated heterocycles. The minimum absolute atomic E-state index is 0.212. The maximum Gasteiger partial charge on any atom is 0.261 e. The number of rotatable bonds is 4. The number of nitrogens with one attached hydrogen (secondary N) is 2. The molecule has 0 bridgehead atoms. The number of benzene rings is 2. The predicted molar refractivity (Wildman–Crippen MR) is 86.4 cm³/mol. The summed E-state index contributed by atoms with van der Waals surface area (Å²) in [6.45, 7) is 2.07. The van der Waals surface area contributed by atoms with Crippen molar-refractivity contribution in [1.82, 2.24) is 5.32 Å². The molecule has 1 heterocycles. The molecule has 0 aliphatic carbocycles. The van der Waals surface area contributed by atoms with E-state index in [9.17, 15) is 14.4 Å². The number of hydrogen-bond acceptors (Lipinski definition) is 3. The van der Waals surface area contributed by atoms with Gasteiger partial charge in [-0.05, 0) is 29.7 Å². The molecule has 116 valence electrons. The molecule has 5 heteroatoms. The maximum atomic E-state index is 12.2. The van der Waals surface area contributed by atoms with Crippen LogP contribution in [-0.2, 0) is 17.6 Å². The first kappa shape index (κ1) is 15.0. The quantitative estimate of drug-likeness (QED) is 0.851. The molecule has 0 atom stereocenters. The van der Waals surface area contributed by atoms with Crippen molar-refractivity contribution < 1.29 is 14.4 Å². The van der Waals surface area contributed by atoms with Crippen molar-refractivity contribution >= 4 is 23.4 Å². The van der Waals surface area contributed by atoms with Crippen molar-refractivity contribution in [2.24, 2.45) is 0 Å². The fourth-order valence-corrected chi connectivity index (χ4v) is 2.60. The number of anilines is 1. The van der Waals surface area contributed by atoms with Crippen LogP contribution in [-0.4, -0.2) is 17.7 Å². The molecule has 2 N–H and O–H groups in total. The number of fused-ring (bicyclic) bond motifs is 1. The van der Waals surface area contributed by atoms with Gasteiger partial charge < -0.3 is 5.32 Å². The van der Waals surface area contributed by atoms with E-state index in [1.165, 1.54) is 5.56 Å². The molecule has 1 aliphatic rings. The van der Waals surface area contributed by atoms with Gasteiger partial charge in [0.25, 0.3) is 11.8 Å². The lowest BCUT2D eigenvalue weighted by atomic mass is 10.1. The molecular weight excluding hydrogens is 292 g/mol. The highest BCUT2D eigenvalue weighted by molar-refractivity contribution is 6.24. The number of amides is 3. The molecule has 2 aromatic carbocycles. The van der Waals surface area contributed by atoms with Crippen LogP contribution < -0.4 is 10.6 Å². The van der Waals surface area contributed by atoms with Crippen LogP contribution in [0, 0.1) is 0 Å². The first-order valence-corrected chi connectivity index (χ1v) is 7.45. The van der Waals surface area contributed by atoms with Gasteiger partial charge in [-0.25, -0.2) is 0 Å². The van der Waals surface area contributed by atoms with Crippen molar-refractivity contribution in [3.8, 4) is 0 Å². The Bertz CT molecular complexity index is 794. The van der Waals surface area contributed by atoms with E-state index in [-0.39, 0.29) is 17.9 Å². The Labute approximate surface area is 133 Å². The second kappa shape index (κ2) is 6.04. The third-order valence-electron chi connectivity index (χ3n) is 3.83. The summed E-state index contributed by atoms with van der Waals surface area (Å²) < 4.78 is 0. The predicted octanol–water partition coefficient (Wildman–Crippen LogP) is 2.31. The number of hydrogen-bond donors (Lipinski definition) is 2. The zero-order chi connectivity index (χ0) is 16.4. The molecule has 3 rings (SSSR count). The molecule has 1 aliphatic heterocycles. The van der Waals surface area contributed by atoms with Crippen LogP contribution in [0.25, 0.3) is 0 Å². The average Bonchev–Trinajstić information content (AvgIpc) is 2.84. The van der Waals surface area contributed by atoms with Crippen LogP contribution in [0.4, 0.5) is 5.69 Å². The molecule has 0 fully saturated rings. The lowest BCUT2D eigenvalue weighted by molar-refractivity contribution is -0.115. The third-order valence-corrected chi connectivity index (χ3v) is 3.83. The Hall–Kier alpha value is -2.95. The summed E-state index contributed by atoms with van der Waals surface area (Å²) in [5, 5.41) is 4.95. The molecule has 0 unspecified atom stereocenters. The highest BCUT2D eigenvalue weighted by Crippen LogP contribution is 2.24. The minimum Gasteiger partial charge on any atom is -0.325 e. The van der Waals surface area contributed by atoms with Gasteiger partial charge in [0.2, 0.25) is 5.91 Å². The maximum absolute atomic E-state index is 12.2. The van der Waals surface area contributed by atoms with Crippen LogP contribution in [0.5, 0.6) is 0 Å². The summed E-state index contributed by atoms with van der Waals surface area (Å²) in [4.78, 5) is 35.6. The van der Waals surface area contributed by atoms with Gasteiger partial charge >= 0.3 is 0 Å². The number of imide groups is 1. The van der Waals surface area contributed by atoms with Crippen molar-refractivity contribution in [2.75, 3.05) is 5.32 Å². The summed E-state index contributed by atoms with van der Waals surface area (Å²) in [5.41, 5.74) is 2.99. The molecule has 0 aromatic heterocycles. The Morgan fingerprint density at radius 2 is 1.70 bits per heavy atom. The van der Waals surface area contributed by atoms with E-state index in [2.05, 4.69) is 17.6 Å². The van der Waals surface area contributed by atoms with Gasteiger partial charge in [-0.15, -0.1) is 0 Å². The molecular formula is C18H16N2O3. The van der Waals surface area contributed by atoms with Crippen molar-refractivity contribution in [1.29, 1.82) is 0 Å². The average molecular weight is 308 g/mol. The monoisotopic (exact) mass is 308 g/mol. The van der Waals surface area contributed by atoms with Gasteiger partial charge in [-0.1, -0.05) is 37.3 Å².